The number of nitrogens with zero attached hydrogens (tertiary/aromatic N) is 2. The molecule has 11 heteroatoms. The summed E-state index contributed by atoms with van der Waals surface area (Å²) in [6, 6.07) is 9.66. The maximum atomic E-state index is 11.3. The molecule has 0 bridgehead atoms. The molecule has 0 radical (unpaired) electrons. The Balaban J connectivity index is 1.60. The summed E-state index contributed by atoms with van der Waals surface area (Å²) in [7, 11) is 0. The third kappa shape index (κ3) is 7.36. The fourth-order valence-corrected chi connectivity index (χ4v) is 4.73. The average molecular weight is 511 g/mol. The highest BCUT2D eigenvalue weighted by molar-refractivity contribution is 7.99. The lowest BCUT2D eigenvalue weighted by Crippen LogP contribution is -2.34. The van der Waals surface area contributed by atoms with Crippen molar-refractivity contribution < 1.29 is 24.1 Å². The van der Waals surface area contributed by atoms with Gasteiger partial charge in [-0.05, 0) is 18.4 Å². The second-order valence-electron chi connectivity index (χ2n) is 8.05. The van der Waals surface area contributed by atoms with E-state index in [4.69, 9.17) is 31.5 Å². The zero-order chi connectivity index (χ0) is 24.5. The number of carbonyl (C=O) groups is 1. The fourth-order valence-electron chi connectivity index (χ4n) is 3.81. The van der Waals surface area contributed by atoms with Crippen LogP contribution >= 0.6 is 23.4 Å². The summed E-state index contributed by atoms with van der Waals surface area (Å²) in [6.45, 7) is 5.16. The molecule has 4 atom stereocenters. The molecular formula is C23H31ClN4O5S. The molecule has 2 aromatic rings. The van der Waals surface area contributed by atoms with Crippen LogP contribution in [0.5, 0.6) is 0 Å². The molecule has 1 aliphatic rings. The standard InChI is InChI=1S/C23H31ClN4O5S/c1-3-11-34-22-27-20(24)18(25)21(28-22)26-16-12-17(19(14(16)2)33-23(29)30)32-10-9-31-13-15-7-5-4-6-8-15/h4-8,14,16-17,19H,3,9-13,25H2,1-2H3,(H,29,30)(H,26,27,28). The average Bonchev–Trinajstić information content (AvgIpc) is 3.09. The molecule has 1 aromatic carbocycles. The van der Waals surface area contributed by atoms with E-state index >= 15 is 0 Å². The minimum atomic E-state index is -1.34. The van der Waals surface area contributed by atoms with Gasteiger partial charge in [-0.3, -0.25) is 0 Å². The van der Waals surface area contributed by atoms with Crippen LogP contribution in [0.2, 0.25) is 5.15 Å². The smallest absolute Gasteiger partial charge is 0.450 e. The number of nitrogens with two attached hydrogens (primary N) is 1. The third-order valence-corrected chi connectivity index (χ3v) is 6.89. The minimum Gasteiger partial charge on any atom is -0.450 e. The number of halogens is 1. The van der Waals surface area contributed by atoms with Crippen molar-refractivity contribution in [2.45, 2.75) is 56.7 Å². The molecule has 186 valence electrons. The number of hydrogen-bond acceptors (Lipinski definition) is 9. The van der Waals surface area contributed by atoms with E-state index in [-0.39, 0.29) is 22.8 Å². The first-order chi connectivity index (χ1) is 16.4. The van der Waals surface area contributed by atoms with Crippen molar-refractivity contribution in [3.8, 4) is 0 Å². The van der Waals surface area contributed by atoms with Crippen molar-refractivity contribution in [2.24, 2.45) is 5.92 Å². The Labute approximate surface area is 208 Å². The normalized spacial score (nSPS) is 22.0. The second-order valence-corrected chi connectivity index (χ2v) is 9.47. The number of anilines is 2. The second kappa shape index (κ2) is 13.0. The lowest BCUT2D eigenvalue weighted by Gasteiger charge is -2.23. The molecule has 1 fully saturated rings. The van der Waals surface area contributed by atoms with Crippen LogP contribution < -0.4 is 11.1 Å². The molecule has 0 amide bonds. The summed E-state index contributed by atoms with van der Waals surface area (Å²) in [5, 5.41) is 13.3. The Hall–Kier alpha value is -2.27. The minimum absolute atomic E-state index is 0.183. The van der Waals surface area contributed by atoms with Crippen LogP contribution in [0.4, 0.5) is 16.3 Å². The molecule has 34 heavy (non-hydrogen) atoms. The molecule has 1 saturated carbocycles. The number of rotatable bonds is 12. The van der Waals surface area contributed by atoms with Gasteiger partial charge in [0.2, 0.25) is 0 Å². The number of ether oxygens (including phenoxy) is 3. The number of nitrogen functional groups attached to an aromatic ring is 1. The van der Waals surface area contributed by atoms with Crippen LogP contribution in [0.1, 0.15) is 32.3 Å². The van der Waals surface area contributed by atoms with E-state index in [1.54, 1.807) is 0 Å². The molecule has 4 unspecified atom stereocenters. The molecule has 4 N–H and O–H groups in total. The fraction of sp³-hybridized carbons (Fsp3) is 0.522. The summed E-state index contributed by atoms with van der Waals surface area (Å²) in [5.41, 5.74) is 7.44. The van der Waals surface area contributed by atoms with Gasteiger partial charge in [0, 0.05) is 17.7 Å². The van der Waals surface area contributed by atoms with Crippen LogP contribution in [0.15, 0.2) is 35.5 Å². The molecule has 0 saturated heterocycles. The highest BCUT2D eigenvalue weighted by Crippen LogP contribution is 2.35. The number of aromatic nitrogens is 2. The molecule has 1 aromatic heterocycles. The van der Waals surface area contributed by atoms with Crippen molar-refractivity contribution in [1.82, 2.24) is 9.97 Å². The van der Waals surface area contributed by atoms with E-state index in [1.165, 1.54) is 11.8 Å². The van der Waals surface area contributed by atoms with Crippen molar-refractivity contribution >= 4 is 41.0 Å². The summed E-state index contributed by atoms with van der Waals surface area (Å²) in [6.07, 6.45) is -0.931. The Morgan fingerprint density at radius 3 is 2.76 bits per heavy atom. The van der Waals surface area contributed by atoms with Crippen LogP contribution in [-0.4, -0.2) is 58.4 Å². The molecule has 1 heterocycles. The Morgan fingerprint density at radius 1 is 1.29 bits per heavy atom. The number of hydrogen-bond donors (Lipinski definition) is 3. The van der Waals surface area contributed by atoms with Gasteiger partial charge < -0.3 is 30.4 Å². The van der Waals surface area contributed by atoms with Gasteiger partial charge in [-0.2, -0.15) is 0 Å². The predicted molar refractivity (Wildman–Crippen MR) is 132 cm³/mol. The van der Waals surface area contributed by atoms with E-state index in [9.17, 15) is 9.90 Å². The molecule has 1 aliphatic carbocycles. The van der Waals surface area contributed by atoms with Gasteiger partial charge in [0.25, 0.3) is 0 Å². The van der Waals surface area contributed by atoms with Gasteiger partial charge in [-0.1, -0.05) is 67.5 Å². The van der Waals surface area contributed by atoms with E-state index in [2.05, 4.69) is 22.2 Å². The maximum absolute atomic E-state index is 11.3. The van der Waals surface area contributed by atoms with E-state index in [0.717, 1.165) is 17.7 Å². The predicted octanol–water partition coefficient (Wildman–Crippen LogP) is 4.70. The first-order valence-corrected chi connectivity index (χ1v) is 12.6. The Morgan fingerprint density at radius 2 is 2.06 bits per heavy atom. The first kappa shape index (κ1) is 26.3. The van der Waals surface area contributed by atoms with E-state index in [0.29, 0.717) is 37.2 Å². The lowest BCUT2D eigenvalue weighted by atomic mass is 10.0. The van der Waals surface area contributed by atoms with Gasteiger partial charge >= 0.3 is 6.16 Å². The van der Waals surface area contributed by atoms with Gasteiger partial charge in [0.1, 0.15) is 11.8 Å². The highest BCUT2D eigenvalue weighted by Gasteiger charge is 2.44. The largest absolute Gasteiger partial charge is 0.506 e. The van der Waals surface area contributed by atoms with Crippen LogP contribution in [0, 0.1) is 5.92 Å². The SMILES string of the molecule is CCCSc1nc(Cl)c(N)c(NC2CC(OCCOCc3ccccc3)C(OC(=O)O)C2C)n1. The van der Waals surface area contributed by atoms with Crippen molar-refractivity contribution in [3.63, 3.8) is 0 Å². The van der Waals surface area contributed by atoms with Gasteiger partial charge in [-0.25, -0.2) is 14.8 Å². The van der Waals surface area contributed by atoms with Gasteiger partial charge in [0.05, 0.1) is 25.9 Å². The third-order valence-electron chi connectivity index (χ3n) is 5.55. The van der Waals surface area contributed by atoms with Crippen LogP contribution in [0.25, 0.3) is 0 Å². The topological polar surface area (TPSA) is 129 Å². The van der Waals surface area contributed by atoms with Gasteiger partial charge in [-0.15, -0.1) is 0 Å². The monoisotopic (exact) mass is 510 g/mol. The quantitative estimate of drug-likeness (QED) is 0.121. The number of benzene rings is 1. The Kier molecular flexibility index (Phi) is 10.1. The lowest BCUT2D eigenvalue weighted by molar-refractivity contribution is -0.0658. The summed E-state index contributed by atoms with van der Waals surface area (Å²) < 4.78 is 16.8. The summed E-state index contributed by atoms with van der Waals surface area (Å²) in [4.78, 5) is 20.0. The Bertz CT molecular complexity index is 939. The number of nitrogens with one attached hydrogen (secondary N) is 1. The van der Waals surface area contributed by atoms with Crippen LogP contribution in [-0.2, 0) is 20.8 Å². The number of carboxylic acid groups (broad SMARTS) is 1. The maximum Gasteiger partial charge on any atom is 0.506 e. The molecule has 0 aliphatic heterocycles. The first-order valence-electron chi connectivity index (χ1n) is 11.2. The van der Waals surface area contributed by atoms with Crippen molar-refractivity contribution in [1.29, 1.82) is 0 Å². The number of thioether (sulfide) groups is 1. The zero-order valence-electron chi connectivity index (χ0n) is 19.3. The van der Waals surface area contributed by atoms with E-state index in [1.807, 2.05) is 37.3 Å². The molecular weight excluding hydrogens is 480 g/mol. The highest BCUT2D eigenvalue weighted by atomic mass is 35.5. The van der Waals surface area contributed by atoms with Crippen molar-refractivity contribution in [2.75, 3.05) is 30.0 Å². The van der Waals surface area contributed by atoms with Crippen molar-refractivity contribution in [3.05, 3.63) is 41.0 Å². The van der Waals surface area contributed by atoms with Gasteiger partial charge in [0.15, 0.2) is 16.1 Å². The molecule has 0 spiro atoms. The van der Waals surface area contributed by atoms with Crippen LogP contribution in [0.3, 0.4) is 0 Å². The summed E-state index contributed by atoms with van der Waals surface area (Å²) in [5.74, 6) is 1.10. The molecule has 3 rings (SSSR count). The zero-order valence-corrected chi connectivity index (χ0v) is 20.8. The summed E-state index contributed by atoms with van der Waals surface area (Å²) >= 11 is 7.71. The van der Waals surface area contributed by atoms with E-state index < -0.39 is 18.4 Å². The molecule has 9 nitrogen and oxygen atoms in total.